The number of carbonyl (C=O) groups is 1. The van der Waals surface area contributed by atoms with Crippen molar-refractivity contribution in [3.05, 3.63) is 32.9 Å². The van der Waals surface area contributed by atoms with Crippen molar-refractivity contribution in [2.24, 2.45) is 0 Å². The van der Waals surface area contributed by atoms with Crippen molar-refractivity contribution in [3.63, 3.8) is 0 Å². The second-order valence-corrected chi connectivity index (χ2v) is 4.80. The van der Waals surface area contributed by atoms with Gasteiger partial charge in [-0.05, 0) is 59.0 Å². The van der Waals surface area contributed by atoms with Crippen LogP contribution in [0.25, 0.3) is 0 Å². The van der Waals surface area contributed by atoms with Gasteiger partial charge in [0.15, 0.2) is 0 Å². The van der Waals surface area contributed by atoms with E-state index < -0.39 is 5.97 Å². The fourth-order valence-corrected chi connectivity index (χ4v) is 2.77. The van der Waals surface area contributed by atoms with E-state index in [-0.39, 0.29) is 0 Å². The molecule has 3 heteroatoms. The molecule has 1 aliphatic carbocycles. The van der Waals surface area contributed by atoms with Gasteiger partial charge >= 0.3 is 5.97 Å². The lowest BCUT2D eigenvalue weighted by atomic mass is 9.78. The van der Waals surface area contributed by atoms with Crippen LogP contribution in [0.5, 0.6) is 0 Å². The van der Waals surface area contributed by atoms with E-state index in [4.69, 9.17) is 5.11 Å². The van der Waals surface area contributed by atoms with Crippen LogP contribution in [0, 0.1) is 3.57 Å². The van der Waals surface area contributed by atoms with Crippen LogP contribution >= 0.6 is 22.6 Å². The summed E-state index contributed by atoms with van der Waals surface area (Å²) in [5.74, 6) is -0.320. The number of aromatic carboxylic acids is 1. The molecule has 74 valence electrons. The lowest BCUT2D eigenvalue weighted by Crippen LogP contribution is -2.15. The third-order valence-electron chi connectivity index (χ3n) is 2.80. The maximum atomic E-state index is 11.0. The van der Waals surface area contributed by atoms with Crippen molar-refractivity contribution < 1.29 is 9.90 Å². The van der Waals surface area contributed by atoms with Crippen molar-refractivity contribution in [1.82, 2.24) is 0 Å². The molecular formula is C11H11IO2. The molecule has 1 aliphatic rings. The van der Waals surface area contributed by atoms with Crippen molar-refractivity contribution in [3.8, 4) is 0 Å². The Bertz CT molecular complexity index is 370. The molecule has 1 aromatic carbocycles. The second-order valence-electron chi connectivity index (χ2n) is 3.63. The fraction of sp³-hybridized carbons (Fsp3) is 0.364. The molecule has 0 aliphatic heterocycles. The Morgan fingerprint density at radius 3 is 2.64 bits per heavy atom. The number of carboxylic acid groups (broad SMARTS) is 1. The van der Waals surface area contributed by atoms with E-state index in [9.17, 15) is 4.79 Å². The summed E-state index contributed by atoms with van der Waals surface area (Å²) in [6, 6.07) is 5.51. The zero-order chi connectivity index (χ0) is 10.1. The lowest BCUT2D eigenvalue weighted by Gasteiger charge is -2.28. The van der Waals surface area contributed by atoms with E-state index in [1.165, 1.54) is 6.42 Å². The highest BCUT2D eigenvalue weighted by Crippen LogP contribution is 2.40. The van der Waals surface area contributed by atoms with E-state index in [1.54, 1.807) is 6.07 Å². The van der Waals surface area contributed by atoms with Gasteiger partial charge in [0.2, 0.25) is 0 Å². The molecule has 0 amide bonds. The highest BCUT2D eigenvalue weighted by molar-refractivity contribution is 14.1. The van der Waals surface area contributed by atoms with Gasteiger partial charge in [-0.15, -0.1) is 0 Å². The topological polar surface area (TPSA) is 37.3 Å². The molecule has 0 spiro atoms. The smallest absolute Gasteiger partial charge is 0.336 e. The zero-order valence-electron chi connectivity index (χ0n) is 7.66. The molecule has 1 N–H and O–H groups in total. The van der Waals surface area contributed by atoms with Gasteiger partial charge in [0.05, 0.1) is 5.56 Å². The first-order valence-electron chi connectivity index (χ1n) is 4.72. The monoisotopic (exact) mass is 302 g/mol. The molecule has 0 aromatic heterocycles. The standard InChI is InChI=1S/C11H11IO2/c12-9-6-2-5-8(11(13)14)10(9)7-3-1-4-7/h2,5-7H,1,3-4H2,(H,13,14). The highest BCUT2D eigenvalue weighted by Gasteiger charge is 2.26. The SMILES string of the molecule is O=C(O)c1cccc(I)c1C1CCC1. The van der Waals surface area contributed by atoms with Crippen LogP contribution in [0.2, 0.25) is 0 Å². The minimum absolute atomic E-state index is 0.481. The van der Waals surface area contributed by atoms with Crippen LogP contribution in [-0.2, 0) is 0 Å². The van der Waals surface area contributed by atoms with Gasteiger partial charge in [-0.1, -0.05) is 12.5 Å². The summed E-state index contributed by atoms with van der Waals surface area (Å²) in [7, 11) is 0. The maximum absolute atomic E-state index is 11.0. The molecule has 0 heterocycles. The van der Waals surface area contributed by atoms with Crippen molar-refractivity contribution >= 4 is 28.6 Å². The number of hydrogen-bond acceptors (Lipinski definition) is 1. The van der Waals surface area contributed by atoms with Gasteiger partial charge in [0, 0.05) is 3.57 Å². The summed E-state index contributed by atoms with van der Waals surface area (Å²) in [4.78, 5) is 11.0. The van der Waals surface area contributed by atoms with Crippen LogP contribution in [0.3, 0.4) is 0 Å². The largest absolute Gasteiger partial charge is 0.478 e. The van der Waals surface area contributed by atoms with Crippen molar-refractivity contribution in [2.75, 3.05) is 0 Å². The number of rotatable bonds is 2. The predicted molar refractivity (Wildman–Crippen MR) is 62.7 cm³/mol. The van der Waals surface area contributed by atoms with Gasteiger partial charge in [0.1, 0.15) is 0 Å². The molecular weight excluding hydrogens is 291 g/mol. The molecule has 1 fully saturated rings. The van der Waals surface area contributed by atoms with Crippen LogP contribution in [0.1, 0.15) is 41.1 Å². The van der Waals surface area contributed by atoms with E-state index in [2.05, 4.69) is 22.6 Å². The molecule has 1 saturated carbocycles. The van der Waals surface area contributed by atoms with Gasteiger partial charge in [0.25, 0.3) is 0 Å². The Morgan fingerprint density at radius 1 is 1.43 bits per heavy atom. The van der Waals surface area contributed by atoms with E-state index in [0.29, 0.717) is 11.5 Å². The minimum Gasteiger partial charge on any atom is -0.478 e. The normalized spacial score (nSPS) is 16.4. The highest BCUT2D eigenvalue weighted by atomic mass is 127. The van der Waals surface area contributed by atoms with E-state index in [1.807, 2.05) is 12.1 Å². The Balaban J connectivity index is 2.47. The predicted octanol–water partition coefficient (Wildman–Crippen LogP) is 3.26. The third-order valence-corrected chi connectivity index (χ3v) is 3.74. The van der Waals surface area contributed by atoms with Crippen LogP contribution in [0.15, 0.2) is 18.2 Å². The number of carboxylic acids is 1. The molecule has 0 bridgehead atoms. The summed E-state index contributed by atoms with van der Waals surface area (Å²) in [5.41, 5.74) is 1.54. The maximum Gasteiger partial charge on any atom is 0.336 e. The van der Waals surface area contributed by atoms with Crippen LogP contribution < -0.4 is 0 Å². The van der Waals surface area contributed by atoms with Gasteiger partial charge in [-0.25, -0.2) is 4.79 Å². The Labute approximate surface area is 96.5 Å². The first kappa shape index (κ1) is 9.96. The summed E-state index contributed by atoms with van der Waals surface area (Å²) in [6.45, 7) is 0. The Kier molecular flexibility index (Phi) is 2.76. The van der Waals surface area contributed by atoms with Crippen LogP contribution in [0.4, 0.5) is 0 Å². The summed E-state index contributed by atoms with van der Waals surface area (Å²) in [6.07, 6.45) is 3.51. The van der Waals surface area contributed by atoms with Crippen LogP contribution in [-0.4, -0.2) is 11.1 Å². The number of benzene rings is 1. The molecule has 1 aromatic rings. The first-order chi connectivity index (χ1) is 6.70. The number of hydrogen-bond donors (Lipinski definition) is 1. The second kappa shape index (κ2) is 3.88. The van der Waals surface area contributed by atoms with E-state index in [0.717, 1.165) is 22.0 Å². The zero-order valence-corrected chi connectivity index (χ0v) is 9.82. The number of halogens is 1. The molecule has 0 atom stereocenters. The molecule has 0 saturated heterocycles. The average Bonchev–Trinajstić information content (AvgIpc) is 2.04. The summed E-state index contributed by atoms with van der Waals surface area (Å²) >= 11 is 2.23. The lowest BCUT2D eigenvalue weighted by molar-refractivity contribution is 0.0694. The quantitative estimate of drug-likeness (QED) is 0.851. The van der Waals surface area contributed by atoms with Crippen molar-refractivity contribution in [1.29, 1.82) is 0 Å². The molecule has 0 radical (unpaired) electrons. The van der Waals surface area contributed by atoms with Gasteiger partial charge < -0.3 is 5.11 Å². The minimum atomic E-state index is -0.801. The Morgan fingerprint density at radius 2 is 2.14 bits per heavy atom. The van der Waals surface area contributed by atoms with E-state index >= 15 is 0 Å². The summed E-state index contributed by atoms with van der Waals surface area (Å²) in [5, 5.41) is 9.06. The Hall–Kier alpha value is -0.580. The average molecular weight is 302 g/mol. The molecule has 0 unspecified atom stereocenters. The molecule has 14 heavy (non-hydrogen) atoms. The van der Waals surface area contributed by atoms with Crippen molar-refractivity contribution in [2.45, 2.75) is 25.2 Å². The van der Waals surface area contributed by atoms with Gasteiger partial charge in [-0.3, -0.25) is 0 Å². The summed E-state index contributed by atoms with van der Waals surface area (Å²) < 4.78 is 1.09. The molecule has 2 rings (SSSR count). The molecule has 2 nitrogen and oxygen atoms in total. The first-order valence-corrected chi connectivity index (χ1v) is 5.79. The third kappa shape index (κ3) is 1.65. The fourth-order valence-electron chi connectivity index (χ4n) is 1.84. The van der Waals surface area contributed by atoms with Gasteiger partial charge in [-0.2, -0.15) is 0 Å².